The van der Waals surface area contributed by atoms with Gasteiger partial charge in [0.2, 0.25) is 11.9 Å². The van der Waals surface area contributed by atoms with Gasteiger partial charge in [-0.3, -0.25) is 9.80 Å². The normalized spacial score (nSPS) is 18.9. The molecule has 2 aliphatic heterocycles. The smallest absolute Gasteiger partial charge is 0.243 e. The summed E-state index contributed by atoms with van der Waals surface area (Å²) in [5.41, 5.74) is 3.45. The molecular formula is C23H30N6O2. The number of benzene rings is 1. The van der Waals surface area contributed by atoms with E-state index in [0.29, 0.717) is 44.4 Å². The predicted molar refractivity (Wildman–Crippen MR) is 120 cm³/mol. The van der Waals surface area contributed by atoms with Crippen molar-refractivity contribution in [3.63, 3.8) is 0 Å². The molecule has 1 aromatic heterocycles. The number of anilines is 1. The van der Waals surface area contributed by atoms with Crippen LogP contribution in [0.25, 0.3) is 0 Å². The number of aryl methyl sites for hydroxylation is 1. The lowest BCUT2D eigenvalue weighted by Crippen LogP contribution is -2.51. The summed E-state index contributed by atoms with van der Waals surface area (Å²) >= 11 is 0. The number of hydrogen-bond acceptors (Lipinski definition) is 7. The van der Waals surface area contributed by atoms with Crippen LogP contribution in [0, 0.1) is 6.92 Å². The number of ether oxygens (including phenoxy) is 1. The van der Waals surface area contributed by atoms with E-state index in [1.165, 1.54) is 5.56 Å². The number of nitrogens with zero attached hydrogens (tertiary/aromatic N) is 6. The maximum atomic E-state index is 13.0. The van der Waals surface area contributed by atoms with Gasteiger partial charge in [-0.2, -0.15) is 5.10 Å². The monoisotopic (exact) mass is 422 g/mol. The second-order valence-corrected chi connectivity index (χ2v) is 8.07. The van der Waals surface area contributed by atoms with E-state index in [9.17, 15) is 4.79 Å². The van der Waals surface area contributed by atoms with Gasteiger partial charge in [0, 0.05) is 32.6 Å². The first-order chi connectivity index (χ1) is 15.1. The molecule has 1 amide bonds. The SMILES string of the molecule is CCC1CC(c2cccc(C)c2)=NN1CC(=O)N1CCN(c2ncc(OC)cn2)CC1. The molecule has 0 bridgehead atoms. The third-order valence-corrected chi connectivity index (χ3v) is 5.98. The Labute approximate surface area is 183 Å². The van der Waals surface area contributed by atoms with Crippen molar-refractivity contribution in [1.82, 2.24) is 19.9 Å². The lowest BCUT2D eigenvalue weighted by Gasteiger charge is -2.35. The molecule has 1 fully saturated rings. The van der Waals surface area contributed by atoms with Gasteiger partial charge >= 0.3 is 0 Å². The second kappa shape index (κ2) is 9.32. The van der Waals surface area contributed by atoms with Gasteiger partial charge in [0.1, 0.15) is 6.54 Å². The molecule has 3 heterocycles. The van der Waals surface area contributed by atoms with Crippen molar-refractivity contribution in [2.45, 2.75) is 32.7 Å². The predicted octanol–water partition coefficient (Wildman–Crippen LogP) is 2.33. The average Bonchev–Trinajstić information content (AvgIpc) is 3.22. The van der Waals surface area contributed by atoms with Crippen LogP contribution < -0.4 is 9.64 Å². The standard InChI is InChI=1S/C23H30N6O2/c1-4-19-13-21(18-7-5-6-17(2)12-18)26-29(19)16-22(30)27-8-10-28(11-9-27)23-24-14-20(31-3)15-25-23/h5-7,12,14-15,19H,4,8-11,13,16H2,1-3H3. The Balaban J connectivity index is 1.35. The molecule has 0 radical (unpaired) electrons. The van der Waals surface area contributed by atoms with Gasteiger partial charge in [-0.05, 0) is 18.9 Å². The number of piperazine rings is 1. The zero-order chi connectivity index (χ0) is 21.8. The summed E-state index contributed by atoms with van der Waals surface area (Å²) in [6.07, 6.45) is 5.19. The fourth-order valence-corrected chi connectivity index (χ4v) is 4.10. The molecule has 1 atom stereocenters. The first-order valence-corrected chi connectivity index (χ1v) is 10.9. The van der Waals surface area contributed by atoms with Crippen LogP contribution in [-0.2, 0) is 4.79 Å². The van der Waals surface area contributed by atoms with E-state index >= 15 is 0 Å². The molecule has 0 aliphatic carbocycles. The van der Waals surface area contributed by atoms with Gasteiger partial charge in [-0.1, -0.05) is 36.8 Å². The Bertz CT molecular complexity index is 937. The number of hydrogen-bond donors (Lipinski definition) is 0. The van der Waals surface area contributed by atoms with E-state index in [0.717, 1.165) is 24.1 Å². The first-order valence-electron chi connectivity index (χ1n) is 10.9. The van der Waals surface area contributed by atoms with Crippen molar-refractivity contribution in [1.29, 1.82) is 0 Å². The van der Waals surface area contributed by atoms with Crippen LogP contribution in [0.15, 0.2) is 41.8 Å². The van der Waals surface area contributed by atoms with E-state index in [-0.39, 0.29) is 11.9 Å². The number of rotatable bonds is 6. The minimum Gasteiger partial charge on any atom is -0.494 e. The molecule has 2 aliphatic rings. The summed E-state index contributed by atoms with van der Waals surface area (Å²) in [6, 6.07) is 8.69. The molecule has 1 aromatic carbocycles. The van der Waals surface area contributed by atoms with Gasteiger partial charge < -0.3 is 14.5 Å². The van der Waals surface area contributed by atoms with Crippen LogP contribution in [-0.4, -0.2) is 77.4 Å². The molecular weight excluding hydrogens is 392 g/mol. The molecule has 1 saturated heterocycles. The van der Waals surface area contributed by atoms with Crippen LogP contribution in [0.1, 0.15) is 30.9 Å². The van der Waals surface area contributed by atoms with Gasteiger partial charge in [0.15, 0.2) is 5.75 Å². The van der Waals surface area contributed by atoms with Crippen molar-refractivity contribution in [3.05, 3.63) is 47.8 Å². The quantitative estimate of drug-likeness (QED) is 0.711. The Morgan fingerprint density at radius 2 is 1.90 bits per heavy atom. The summed E-state index contributed by atoms with van der Waals surface area (Å²) in [6.45, 7) is 7.33. The molecule has 0 N–H and O–H groups in total. The summed E-state index contributed by atoms with van der Waals surface area (Å²) < 4.78 is 5.12. The number of hydrazone groups is 1. The van der Waals surface area contributed by atoms with Crippen molar-refractivity contribution >= 4 is 17.6 Å². The van der Waals surface area contributed by atoms with Gasteiger partial charge in [0.05, 0.1) is 31.3 Å². The maximum absolute atomic E-state index is 13.0. The fraction of sp³-hybridized carbons (Fsp3) is 0.478. The van der Waals surface area contributed by atoms with Crippen LogP contribution >= 0.6 is 0 Å². The van der Waals surface area contributed by atoms with Crippen LogP contribution in [0.3, 0.4) is 0 Å². The summed E-state index contributed by atoms with van der Waals surface area (Å²) in [5.74, 6) is 1.44. The molecule has 2 aromatic rings. The molecule has 8 heteroatoms. The highest BCUT2D eigenvalue weighted by molar-refractivity contribution is 6.02. The van der Waals surface area contributed by atoms with Crippen molar-refractivity contribution in [2.75, 3.05) is 44.7 Å². The van der Waals surface area contributed by atoms with Crippen LogP contribution in [0.4, 0.5) is 5.95 Å². The lowest BCUT2D eigenvalue weighted by atomic mass is 10.0. The van der Waals surface area contributed by atoms with Crippen molar-refractivity contribution in [3.8, 4) is 5.75 Å². The van der Waals surface area contributed by atoms with Crippen molar-refractivity contribution < 1.29 is 9.53 Å². The highest BCUT2D eigenvalue weighted by atomic mass is 16.5. The largest absolute Gasteiger partial charge is 0.494 e. The Morgan fingerprint density at radius 1 is 1.16 bits per heavy atom. The Morgan fingerprint density at radius 3 is 2.55 bits per heavy atom. The van der Waals surface area contributed by atoms with E-state index in [2.05, 4.69) is 53.0 Å². The molecule has 164 valence electrons. The summed E-state index contributed by atoms with van der Waals surface area (Å²) in [7, 11) is 1.60. The highest BCUT2D eigenvalue weighted by Gasteiger charge is 2.30. The van der Waals surface area contributed by atoms with E-state index in [1.54, 1.807) is 19.5 Å². The minimum atomic E-state index is 0.128. The lowest BCUT2D eigenvalue weighted by molar-refractivity contribution is -0.133. The molecule has 31 heavy (non-hydrogen) atoms. The molecule has 0 spiro atoms. The van der Waals surface area contributed by atoms with Crippen LogP contribution in [0.5, 0.6) is 5.75 Å². The number of methoxy groups -OCH3 is 1. The Hall–Kier alpha value is -3.16. The average molecular weight is 423 g/mol. The third-order valence-electron chi connectivity index (χ3n) is 5.98. The number of aromatic nitrogens is 2. The van der Waals surface area contributed by atoms with Crippen molar-refractivity contribution in [2.24, 2.45) is 5.10 Å². The Kier molecular flexibility index (Phi) is 6.34. The molecule has 4 rings (SSSR count). The van der Waals surface area contributed by atoms with E-state index < -0.39 is 0 Å². The topological polar surface area (TPSA) is 74.2 Å². The second-order valence-electron chi connectivity index (χ2n) is 8.07. The summed E-state index contributed by atoms with van der Waals surface area (Å²) in [4.78, 5) is 25.7. The van der Waals surface area contributed by atoms with Gasteiger partial charge in [0.25, 0.3) is 0 Å². The molecule has 8 nitrogen and oxygen atoms in total. The first kappa shape index (κ1) is 21.1. The van der Waals surface area contributed by atoms with E-state index in [4.69, 9.17) is 9.84 Å². The fourth-order valence-electron chi connectivity index (χ4n) is 4.10. The number of carbonyl (C=O) groups excluding carboxylic acids is 1. The van der Waals surface area contributed by atoms with Gasteiger partial charge in [-0.25, -0.2) is 9.97 Å². The summed E-state index contributed by atoms with van der Waals surface area (Å²) in [5, 5.41) is 6.81. The highest BCUT2D eigenvalue weighted by Crippen LogP contribution is 2.23. The number of amides is 1. The molecule has 1 unspecified atom stereocenters. The molecule has 0 saturated carbocycles. The zero-order valence-corrected chi connectivity index (χ0v) is 18.5. The minimum absolute atomic E-state index is 0.128. The zero-order valence-electron chi connectivity index (χ0n) is 18.5. The third kappa shape index (κ3) is 4.78. The van der Waals surface area contributed by atoms with Gasteiger partial charge in [-0.15, -0.1) is 0 Å². The van der Waals surface area contributed by atoms with E-state index in [1.807, 2.05) is 9.91 Å². The van der Waals surface area contributed by atoms with Crippen LogP contribution in [0.2, 0.25) is 0 Å². The number of carbonyl (C=O) groups is 1. The maximum Gasteiger partial charge on any atom is 0.243 e.